The maximum absolute atomic E-state index is 10.6. The van der Waals surface area contributed by atoms with Gasteiger partial charge in [0.2, 0.25) is 5.95 Å². The fourth-order valence-corrected chi connectivity index (χ4v) is 3.80. The number of carboxylic acid groups (broad SMARTS) is 1. The van der Waals surface area contributed by atoms with Crippen LogP contribution >= 0.6 is 0 Å². The molecular formula is C25H34N6O3. The van der Waals surface area contributed by atoms with Crippen molar-refractivity contribution < 1.29 is 14.6 Å². The molecule has 1 saturated heterocycles. The first-order chi connectivity index (χ1) is 16.7. The summed E-state index contributed by atoms with van der Waals surface area (Å²) >= 11 is 0. The average molecular weight is 467 g/mol. The lowest BCUT2D eigenvalue weighted by Gasteiger charge is -2.26. The fraction of sp³-hybridized carbons (Fsp3) is 0.480. The van der Waals surface area contributed by atoms with Gasteiger partial charge in [0.25, 0.3) is 0 Å². The van der Waals surface area contributed by atoms with Gasteiger partial charge in [-0.1, -0.05) is 37.8 Å². The number of fused-ring (bicyclic) bond motifs is 1. The molecule has 2 aromatic heterocycles. The lowest BCUT2D eigenvalue weighted by Crippen LogP contribution is -2.35. The summed E-state index contributed by atoms with van der Waals surface area (Å²) in [6.45, 7) is 5.46. The van der Waals surface area contributed by atoms with Crippen LogP contribution in [0.25, 0.3) is 11.0 Å². The van der Waals surface area contributed by atoms with Crippen molar-refractivity contribution in [1.29, 1.82) is 0 Å². The molecule has 0 unspecified atom stereocenters. The Morgan fingerprint density at radius 2 is 1.91 bits per heavy atom. The van der Waals surface area contributed by atoms with Gasteiger partial charge in [-0.3, -0.25) is 4.90 Å². The van der Waals surface area contributed by atoms with Crippen molar-refractivity contribution >= 4 is 28.8 Å². The molecule has 2 fully saturated rings. The first kappa shape index (κ1) is 24.0. The second-order valence-corrected chi connectivity index (χ2v) is 8.70. The minimum Gasteiger partial charge on any atom is -0.465 e. The Morgan fingerprint density at radius 1 is 1.12 bits per heavy atom. The number of ether oxygens (including phenoxy) is 1. The van der Waals surface area contributed by atoms with E-state index in [1.165, 1.54) is 31.2 Å². The second-order valence-electron chi connectivity index (χ2n) is 8.70. The minimum atomic E-state index is -1.00. The first-order valence-corrected chi connectivity index (χ1v) is 12.1. The smallest absolute Gasteiger partial charge is 0.404 e. The van der Waals surface area contributed by atoms with Crippen LogP contribution in [0.2, 0.25) is 0 Å². The van der Waals surface area contributed by atoms with E-state index in [-0.39, 0.29) is 0 Å². The molecule has 0 bridgehead atoms. The molecule has 3 aromatic rings. The number of aryl methyl sites for hydroxylation is 1. The van der Waals surface area contributed by atoms with Gasteiger partial charge < -0.3 is 25.0 Å². The van der Waals surface area contributed by atoms with Gasteiger partial charge in [-0.2, -0.15) is 4.98 Å². The van der Waals surface area contributed by atoms with E-state index in [1.807, 2.05) is 29.0 Å². The van der Waals surface area contributed by atoms with Crippen molar-refractivity contribution in [2.45, 2.75) is 45.2 Å². The number of nitrogens with one attached hydrogen (secondary N) is 2. The molecule has 1 aromatic carbocycles. The van der Waals surface area contributed by atoms with Crippen molar-refractivity contribution in [2.24, 2.45) is 0 Å². The summed E-state index contributed by atoms with van der Waals surface area (Å²) in [5.41, 5.74) is 3.01. The molecule has 3 N–H and O–H groups in total. The number of aromatic nitrogens is 3. The SMILES string of the molecule is C1CCC1.O=C(O)NCCCn1ccc2cnc(Nc3cccc(CN4CCOCC4)c3)nc21. The van der Waals surface area contributed by atoms with Crippen LogP contribution in [0.4, 0.5) is 16.4 Å². The average Bonchev–Trinajstić information content (AvgIpc) is 3.19. The van der Waals surface area contributed by atoms with E-state index in [4.69, 9.17) is 9.84 Å². The monoisotopic (exact) mass is 466 g/mol. The largest absolute Gasteiger partial charge is 0.465 e. The number of anilines is 2. The van der Waals surface area contributed by atoms with Crippen LogP contribution in [0.1, 0.15) is 37.7 Å². The van der Waals surface area contributed by atoms with E-state index in [0.29, 0.717) is 25.5 Å². The van der Waals surface area contributed by atoms with Crippen molar-refractivity contribution in [2.75, 3.05) is 38.2 Å². The fourth-order valence-electron chi connectivity index (χ4n) is 3.80. The molecule has 1 amide bonds. The highest BCUT2D eigenvalue weighted by Gasteiger charge is 2.11. The highest BCUT2D eigenvalue weighted by molar-refractivity contribution is 5.76. The van der Waals surface area contributed by atoms with Crippen LogP contribution in [0.5, 0.6) is 0 Å². The number of rotatable bonds is 8. The molecule has 2 aliphatic rings. The zero-order valence-electron chi connectivity index (χ0n) is 19.6. The molecule has 9 nitrogen and oxygen atoms in total. The molecule has 9 heteroatoms. The minimum absolute atomic E-state index is 0.404. The Balaban J connectivity index is 0.000000620. The van der Waals surface area contributed by atoms with Crippen molar-refractivity contribution in [3.05, 3.63) is 48.3 Å². The molecule has 34 heavy (non-hydrogen) atoms. The maximum atomic E-state index is 10.6. The van der Waals surface area contributed by atoms with Gasteiger partial charge in [-0.25, -0.2) is 9.78 Å². The predicted octanol–water partition coefficient (Wildman–Crippen LogP) is 4.23. The summed E-state index contributed by atoms with van der Waals surface area (Å²) in [7, 11) is 0. The molecule has 5 rings (SSSR count). The summed E-state index contributed by atoms with van der Waals surface area (Å²) in [6.07, 6.45) is 9.44. The van der Waals surface area contributed by atoms with Crippen LogP contribution in [-0.4, -0.2) is 63.5 Å². The highest BCUT2D eigenvalue weighted by atomic mass is 16.5. The Kier molecular flexibility index (Phi) is 8.70. The standard InChI is InChI=1S/C21H26N6O3.C4H8/c28-21(29)22-6-2-7-27-8-5-17-14-23-20(25-19(17)27)24-18-4-1-3-16(13-18)15-26-9-11-30-12-10-26;1-2-4-3-1/h1,3-5,8,13-14,22H,2,6-7,9-12,15H2,(H,28,29)(H,23,24,25);1-4H2. The lowest BCUT2D eigenvalue weighted by atomic mass is 10.0. The van der Waals surface area contributed by atoms with Gasteiger partial charge in [0.1, 0.15) is 5.65 Å². The molecule has 1 aliphatic heterocycles. The van der Waals surface area contributed by atoms with Crippen LogP contribution in [-0.2, 0) is 17.8 Å². The van der Waals surface area contributed by atoms with Gasteiger partial charge in [-0.05, 0) is 30.2 Å². The molecule has 0 radical (unpaired) electrons. The van der Waals surface area contributed by atoms with Crippen LogP contribution in [0, 0.1) is 0 Å². The Morgan fingerprint density at radius 3 is 2.65 bits per heavy atom. The third-order valence-electron chi connectivity index (χ3n) is 6.05. The van der Waals surface area contributed by atoms with Gasteiger partial charge >= 0.3 is 6.09 Å². The van der Waals surface area contributed by atoms with E-state index in [9.17, 15) is 4.79 Å². The zero-order chi connectivity index (χ0) is 23.6. The Hall–Kier alpha value is -3.17. The van der Waals surface area contributed by atoms with Crippen LogP contribution in [0.3, 0.4) is 0 Å². The predicted molar refractivity (Wildman–Crippen MR) is 132 cm³/mol. The van der Waals surface area contributed by atoms with Crippen LogP contribution in [0.15, 0.2) is 42.7 Å². The topological polar surface area (TPSA) is 105 Å². The summed E-state index contributed by atoms with van der Waals surface area (Å²) in [5.74, 6) is 0.537. The van der Waals surface area contributed by atoms with Gasteiger partial charge in [0, 0.05) is 56.2 Å². The van der Waals surface area contributed by atoms with E-state index in [1.54, 1.807) is 6.20 Å². The normalized spacial score (nSPS) is 15.8. The van der Waals surface area contributed by atoms with Crippen molar-refractivity contribution in [3.8, 4) is 0 Å². The van der Waals surface area contributed by atoms with E-state index < -0.39 is 6.09 Å². The number of benzene rings is 1. The highest BCUT2D eigenvalue weighted by Crippen LogP contribution is 2.20. The third kappa shape index (κ3) is 7.16. The molecule has 1 aliphatic carbocycles. The molecule has 3 heterocycles. The lowest BCUT2D eigenvalue weighted by molar-refractivity contribution is 0.0342. The molecule has 0 spiro atoms. The Labute approximate surface area is 200 Å². The first-order valence-electron chi connectivity index (χ1n) is 12.1. The quantitative estimate of drug-likeness (QED) is 0.427. The van der Waals surface area contributed by atoms with Crippen LogP contribution < -0.4 is 10.6 Å². The van der Waals surface area contributed by atoms with E-state index in [2.05, 4.69) is 37.6 Å². The summed E-state index contributed by atoms with van der Waals surface area (Å²) in [6, 6.07) is 10.3. The number of hydrogen-bond donors (Lipinski definition) is 3. The molecular weight excluding hydrogens is 432 g/mol. The van der Waals surface area contributed by atoms with Crippen molar-refractivity contribution in [1.82, 2.24) is 24.8 Å². The number of hydrogen-bond acceptors (Lipinski definition) is 6. The maximum Gasteiger partial charge on any atom is 0.404 e. The number of carbonyl (C=O) groups is 1. The summed E-state index contributed by atoms with van der Waals surface area (Å²) < 4.78 is 7.43. The van der Waals surface area contributed by atoms with Gasteiger partial charge in [-0.15, -0.1) is 0 Å². The number of amides is 1. The zero-order valence-corrected chi connectivity index (χ0v) is 19.6. The molecule has 0 atom stereocenters. The summed E-state index contributed by atoms with van der Waals surface area (Å²) in [4.78, 5) is 22.1. The summed E-state index contributed by atoms with van der Waals surface area (Å²) in [5, 5.41) is 15.3. The molecule has 1 saturated carbocycles. The second kappa shape index (κ2) is 12.3. The van der Waals surface area contributed by atoms with E-state index >= 15 is 0 Å². The Bertz CT molecular complexity index is 1060. The third-order valence-corrected chi connectivity index (χ3v) is 6.05. The number of morpholine rings is 1. The van der Waals surface area contributed by atoms with Gasteiger partial charge in [0.05, 0.1) is 13.2 Å². The number of nitrogens with zero attached hydrogens (tertiary/aromatic N) is 4. The van der Waals surface area contributed by atoms with Crippen molar-refractivity contribution in [3.63, 3.8) is 0 Å². The molecule has 182 valence electrons. The van der Waals surface area contributed by atoms with Gasteiger partial charge in [0.15, 0.2) is 0 Å². The van der Waals surface area contributed by atoms with E-state index in [0.717, 1.165) is 49.6 Å².